The summed E-state index contributed by atoms with van der Waals surface area (Å²) in [5.74, 6) is 0.240. The second kappa shape index (κ2) is 10.4. The van der Waals surface area contributed by atoms with Crippen molar-refractivity contribution in [2.75, 3.05) is 0 Å². The molecule has 0 radical (unpaired) electrons. The molecular formula is C29H20N2O5S2. The minimum atomic E-state index is -0.410. The lowest BCUT2D eigenvalue weighted by molar-refractivity contribution is -0.385. The van der Waals surface area contributed by atoms with E-state index in [4.69, 9.17) is 0 Å². The second-order valence-corrected chi connectivity index (χ2v) is 10.8. The van der Waals surface area contributed by atoms with Gasteiger partial charge in [0, 0.05) is 43.4 Å². The molecule has 6 aromatic rings. The monoisotopic (exact) mass is 540 g/mol. The molecule has 0 aliphatic rings. The molecule has 0 saturated carbocycles. The molecule has 0 aliphatic carbocycles. The molecule has 0 fully saturated rings. The van der Waals surface area contributed by atoms with Crippen molar-refractivity contribution in [3.05, 3.63) is 123 Å². The van der Waals surface area contributed by atoms with E-state index in [1.807, 2.05) is 12.1 Å². The first-order chi connectivity index (χ1) is 18.3. The van der Waals surface area contributed by atoms with Crippen molar-refractivity contribution in [3.8, 4) is 26.6 Å². The number of nitro benzene ring substituents is 2. The minimum Gasteiger partial charge on any atom is -0.508 e. The predicted molar refractivity (Wildman–Crippen MR) is 154 cm³/mol. The zero-order chi connectivity index (χ0) is 26.8. The average Bonchev–Trinajstić information content (AvgIpc) is 3.53. The summed E-state index contributed by atoms with van der Waals surface area (Å²) in [7, 11) is 0. The van der Waals surface area contributed by atoms with Crippen molar-refractivity contribution in [3.63, 3.8) is 0 Å². The van der Waals surface area contributed by atoms with Crippen molar-refractivity contribution in [1.82, 2.24) is 0 Å². The number of rotatable bonds is 4. The third-order valence-corrected chi connectivity index (χ3v) is 8.20. The zero-order valence-electron chi connectivity index (χ0n) is 20.0. The third-order valence-electron chi connectivity index (χ3n) is 5.90. The fourth-order valence-electron chi connectivity index (χ4n) is 3.94. The average molecular weight is 541 g/mol. The highest BCUT2D eigenvalue weighted by Crippen LogP contribution is 2.36. The molecule has 188 valence electrons. The Labute approximate surface area is 225 Å². The molecule has 2 heterocycles. The molecule has 0 spiro atoms. The van der Waals surface area contributed by atoms with Crippen LogP contribution in [0.15, 0.2) is 97.1 Å². The van der Waals surface area contributed by atoms with Crippen LogP contribution in [0.5, 0.6) is 5.75 Å². The van der Waals surface area contributed by atoms with Gasteiger partial charge in [0.05, 0.1) is 9.85 Å². The number of phenols is 1. The Bertz CT molecular complexity index is 1660. The summed E-state index contributed by atoms with van der Waals surface area (Å²) in [4.78, 5) is 22.6. The molecule has 0 atom stereocenters. The molecule has 0 saturated heterocycles. The number of fused-ring (bicyclic) bond motifs is 2. The van der Waals surface area contributed by atoms with Gasteiger partial charge < -0.3 is 5.11 Å². The van der Waals surface area contributed by atoms with Crippen molar-refractivity contribution in [2.45, 2.75) is 6.92 Å². The molecule has 4 aromatic carbocycles. The smallest absolute Gasteiger partial charge is 0.269 e. The maximum atomic E-state index is 10.6. The number of nitro groups is 2. The Hall–Kier alpha value is -4.60. The molecule has 0 amide bonds. The quantitative estimate of drug-likeness (QED) is 0.177. The Morgan fingerprint density at radius 1 is 0.605 bits per heavy atom. The fraction of sp³-hybridized carbons (Fsp3) is 0.0345. The first-order valence-electron chi connectivity index (χ1n) is 11.5. The summed E-state index contributed by atoms with van der Waals surface area (Å²) in [6.45, 7) is 2.07. The molecule has 6 rings (SSSR count). The van der Waals surface area contributed by atoms with E-state index < -0.39 is 4.92 Å². The molecule has 0 aliphatic heterocycles. The van der Waals surface area contributed by atoms with E-state index in [0.717, 1.165) is 31.0 Å². The van der Waals surface area contributed by atoms with Crippen LogP contribution in [0.1, 0.15) is 5.56 Å². The number of hydrogen-bond acceptors (Lipinski definition) is 7. The van der Waals surface area contributed by atoms with Gasteiger partial charge in [-0.1, -0.05) is 12.1 Å². The standard InChI is InChI=1S/C15H11NO2S.C14H9NO3S/c1-10-2-3-12-9-15(19-14(12)8-10)11-4-6-13(7-5-11)16(17)18;16-12-6-3-10-7-13(19-14(10)8-12)9-1-4-11(5-2-9)15(17)18/h2-9H,1H3;1-8,16H. The number of thiophene rings is 2. The summed E-state index contributed by atoms with van der Waals surface area (Å²) in [6.07, 6.45) is 0. The lowest BCUT2D eigenvalue weighted by atomic mass is 10.1. The van der Waals surface area contributed by atoms with Gasteiger partial charge in [-0.2, -0.15) is 0 Å². The lowest BCUT2D eigenvalue weighted by Gasteiger charge is -1.96. The van der Waals surface area contributed by atoms with Gasteiger partial charge >= 0.3 is 0 Å². The fourth-order valence-corrected chi connectivity index (χ4v) is 6.21. The third kappa shape index (κ3) is 5.39. The predicted octanol–water partition coefficient (Wildman–Crippen LogP) is 8.97. The molecule has 0 unspecified atom stereocenters. The van der Waals surface area contributed by atoms with Crippen molar-refractivity contribution >= 4 is 54.2 Å². The van der Waals surface area contributed by atoms with E-state index >= 15 is 0 Å². The number of phenolic OH excluding ortho intramolecular Hbond substituents is 1. The van der Waals surface area contributed by atoms with Crippen molar-refractivity contribution in [1.29, 1.82) is 0 Å². The minimum absolute atomic E-state index is 0.0857. The summed E-state index contributed by atoms with van der Waals surface area (Å²) < 4.78 is 2.24. The topological polar surface area (TPSA) is 107 Å². The van der Waals surface area contributed by atoms with E-state index in [9.17, 15) is 25.3 Å². The highest BCUT2D eigenvalue weighted by molar-refractivity contribution is 7.22. The van der Waals surface area contributed by atoms with Crippen LogP contribution in [0.25, 0.3) is 41.1 Å². The van der Waals surface area contributed by atoms with Crippen LogP contribution >= 0.6 is 22.7 Å². The number of non-ortho nitro benzene ring substituents is 2. The maximum absolute atomic E-state index is 10.6. The van der Waals surface area contributed by atoms with Crippen LogP contribution in [-0.2, 0) is 0 Å². The van der Waals surface area contributed by atoms with Crippen LogP contribution < -0.4 is 0 Å². The van der Waals surface area contributed by atoms with Gasteiger partial charge in [0.15, 0.2) is 0 Å². The van der Waals surface area contributed by atoms with E-state index in [0.29, 0.717) is 0 Å². The van der Waals surface area contributed by atoms with E-state index in [2.05, 4.69) is 31.2 Å². The maximum Gasteiger partial charge on any atom is 0.269 e. The molecule has 9 heteroatoms. The Morgan fingerprint density at radius 2 is 1.05 bits per heavy atom. The van der Waals surface area contributed by atoms with E-state index in [1.54, 1.807) is 71.2 Å². The summed E-state index contributed by atoms with van der Waals surface area (Å²) in [6, 6.07) is 28.9. The van der Waals surface area contributed by atoms with Gasteiger partial charge in [-0.15, -0.1) is 22.7 Å². The zero-order valence-corrected chi connectivity index (χ0v) is 21.7. The molecular weight excluding hydrogens is 520 g/mol. The first-order valence-corrected chi connectivity index (χ1v) is 13.1. The molecule has 0 bridgehead atoms. The number of aromatic hydroxyl groups is 1. The van der Waals surface area contributed by atoms with Gasteiger partial charge in [-0.3, -0.25) is 20.2 Å². The van der Waals surface area contributed by atoms with E-state index in [-0.39, 0.29) is 22.0 Å². The second-order valence-electron chi connectivity index (χ2n) is 8.59. The van der Waals surface area contributed by atoms with Gasteiger partial charge in [0.1, 0.15) is 5.75 Å². The Balaban J connectivity index is 0.000000155. The largest absolute Gasteiger partial charge is 0.508 e. The highest BCUT2D eigenvalue weighted by atomic mass is 32.1. The number of benzene rings is 4. The van der Waals surface area contributed by atoms with Crippen LogP contribution in [0.2, 0.25) is 0 Å². The van der Waals surface area contributed by atoms with Crippen LogP contribution in [0.4, 0.5) is 11.4 Å². The highest BCUT2D eigenvalue weighted by Gasteiger charge is 2.09. The van der Waals surface area contributed by atoms with Crippen LogP contribution in [0, 0.1) is 27.2 Å². The summed E-state index contributed by atoms with van der Waals surface area (Å²) in [5, 5.41) is 32.9. The molecule has 2 aromatic heterocycles. The number of nitrogens with zero attached hydrogens (tertiary/aromatic N) is 2. The Morgan fingerprint density at radius 3 is 1.53 bits per heavy atom. The molecule has 38 heavy (non-hydrogen) atoms. The van der Waals surface area contributed by atoms with Crippen LogP contribution in [0.3, 0.4) is 0 Å². The molecule has 1 N–H and O–H groups in total. The Kier molecular flexibility index (Phi) is 6.87. The summed E-state index contributed by atoms with van der Waals surface area (Å²) >= 11 is 3.26. The van der Waals surface area contributed by atoms with Crippen molar-refractivity contribution < 1.29 is 15.0 Å². The normalized spacial score (nSPS) is 10.8. The number of aryl methyl sites for hydroxylation is 1. The van der Waals surface area contributed by atoms with Crippen LogP contribution in [-0.4, -0.2) is 15.0 Å². The molecule has 7 nitrogen and oxygen atoms in total. The number of hydrogen-bond donors (Lipinski definition) is 1. The van der Waals surface area contributed by atoms with Gasteiger partial charge in [0.25, 0.3) is 11.4 Å². The SMILES string of the molecule is Cc1ccc2cc(-c3ccc([N+](=O)[O-])cc3)sc2c1.O=[N+]([O-])c1ccc(-c2cc3ccc(O)cc3s2)cc1. The lowest BCUT2D eigenvalue weighted by Crippen LogP contribution is -1.86. The van der Waals surface area contributed by atoms with Crippen molar-refractivity contribution in [2.24, 2.45) is 0 Å². The van der Waals surface area contributed by atoms with Gasteiger partial charge in [0.2, 0.25) is 0 Å². The summed E-state index contributed by atoms with van der Waals surface area (Å²) in [5.41, 5.74) is 3.41. The van der Waals surface area contributed by atoms with E-state index in [1.165, 1.54) is 27.8 Å². The van der Waals surface area contributed by atoms with Gasteiger partial charge in [-0.25, -0.2) is 0 Å². The first kappa shape index (κ1) is 25.1. The van der Waals surface area contributed by atoms with Gasteiger partial charge in [-0.05, 0) is 95.1 Å².